The van der Waals surface area contributed by atoms with Gasteiger partial charge in [0.1, 0.15) is 6.61 Å². The van der Waals surface area contributed by atoms with Crippen LogP contribution in [0.3, 0.4) is 0 Å². The van der Waals surface area contributed by atoms with Gasteiger partial charge in [0.05, 0.1) is 31.4 Å². The highest BCUT2D eigenvalue weighted by molar-refractivity contribution is 7.75. The van der Waals surface area contributed by atoms with Crippen molar-refractivity contribution in [1.29, 1.82) is 0 Å². The van der Waals surface area contributed by atoms with Crippen LogP contribution in [0.25, 0.3) is 0 Å². The van der Waals surface area contributed by atoms with E-state index in [2.05, 4.69) is 30.5 Å². The Kier molecular flexibility index (Phi) is 6.04. The first kappa shape index (κ1) is 22.5. The highest BCUT2D eigenvalue weighted by Gasteiger charge is 2.60. The second-order valence-corrected chi connectivity index (χ2v) is 10.4. The first-order chi connectivity index (χ1) is 14.7. The van der Waals surface area contributed by atoms with Gasteiger partial charge in [-0.3, -0.25) is 8.37 Å². The van der Waals surface area contributed by atoms with E-state index in [-0.39, 0.29) is 30.9 Å². The van der Waals surface area contributed by atoms with Gasteiger partial charge in [0.25, 0.3) is 0 Å². The average Bonchev–Trinajstić information content (AvgIpc) is 3.07. The Morgan fingerprint density at radius 3 is 2.90 bits per heavy atom. The lowest BCUT2D eigenvalue weighted by atomic mass is 9.46. The second kappa shape index (κ2) is 8.33. The molecule has 0 aromatic rings. The Bertz CT molecular complexity index is 848. The van der Waals surface area contributed by atoms with Crippen molar-refractivity contribution in [3.8, 4) is 0 Å². The van der Waals surface area contributed by atoms with E-state index in [1.54, 1.807) is 0 Å². The van der Waals surface area contributed by atoms with Crippen molar-refractivity contribution < 1.29 is 33.1 Å². The summed E-state index contributed by atoms with van der Waals surface area (Å²) in [6, 6.07) is -0.510. The molecule has 4 rings (SSSR count). The number of cyclic esters (lactones) is 1. The third kappa shape index (κ3) is 3.85. The number of allylic oxidation sites excluding steroid dienone is 2. The molecule has 174 valence electrons. The molecule has 9 heteroatoms. The molecule has 2 saturated carbocycles. The summed E-state index contributed by atoms with van der Waals surface area (Å²) < 4.78 is 32.7. The summed E-state index contributed by atoms with van der Waals surface area (Å²) in [4.78, 5) is 23.9. The topological polar surface area (TPSA) is 100 Å². The molecule has 1 amide bonds. The fraction of sp³-hybridized carbons (Fsp3) is 0.727. The van der Waals surface area contributed by atoms with E-state index >= 15 is 0 Å². The predicted octanol–water partition coefficient (Wildman–Crippen LogP) is 3.21. The van der Waals surface area contributed by atoms with Crippen molar-refractivity contribution >= 4 is 23.4 Å². The predicted molar refractivity (Wildman–Crippen MR) is 115 cm³/mol. The van der Waals surface area contributed by atoms with Crippen LogP contribution in [0.5, 0.6) is 0 Å². The van der Waals surface area contributed by atoms with Gasteiger partial charge in [-0.05, 0) is 49.4 Å². The van der Waals surface area contributed by atoms with E-state index in [1.807, 2.05) is 6.08 Å². The Labute approximate surface area is 187 Å². The maximum absolute atomic E-state index is 12.3. The zero-order valence-corrected chi connectivity index (χ0v) is 19.1. The van der Waals surface area contributed by atoms with Gasteiger partial charge in [-0.25, -0.2) is 9.59 Å². The van der Waals surface area contributed by atoms with Gasteiger partial charge in [0.2, 0.25) is 0 Å². The minimum Gasteiger partial charge on any atom is -0.460 e. The van der Waals surface area contributed by atoms with Crippen LogP contribution in [0.1, 0.15) is 47.4 Å². The standard InChI is InChI=1S/C22H31NO7S.H2/c1-13-5-8-17-21(2,10-9-18-22(17,3)12-29-31(26)30-18)15(13)7-6-14-16(11-28-19(14)24)23-20(25)27-4;/h6,15-18H,1,5,7-12H2,2-4H3,(H,23,25);1H/b14-6+;/t15-,16?,17+,18-,21+,22+,31?;/m1./s1. The molecule has 31 heavy (non-hydrogen) atoms. The number of carbonyl (C=O) groups excluding carboxylic acids is 2. The fourth-order valence-corrected chi connectivity index (χ4v) is 7.23. The minimum absolute atomic E-state index is 0. The van der Waals surface area contributed by atoms with E-state index in [4.69, 9.17) is 13.1 Å². The summed E-state index contributed by atoms with van der Waals surface area (Å²) >= 11 is -1.67. The molecule has 0 spiro atoms. The lowest BCUT2D eigenvalue weighted by molar-refractivity contribution is -0.154. The molecule has 2 unspecified atom stereocenters. The largest absolute Gasteiger partial charge is 0.460 e. The third-order valence-electron chi connectivity index (χ3n) is 8.02. The van der Waals surface area contributed by atoms with Crippen molar-refractivity contribution in [2.75, 3.05) is 20.3 Å². The van der Waals surface area contributed by atoms with Gasteiger partial charge in [-0.15, -0.1) is 0 Å². The number of carbonyl (C=O) groups is 2. The van der Waals surface area contributed by atoms with Crippen molar-refractivity contribution in [2.45, 2.75) is 58.1 Å². The Hall–Kier alpha value is -1.71. The SMILES string of the molecule is C=C1CC[C@@H]2[C@]3(C)COS(=O)O[C@@H]3CC[C@@]2(C)[C@@H]1C/C=C1/C(=O)OCC1NC(=O)OC.[HH]. The average molecular weight is 456 g/mol. The summed E-state index contributed by atoms with van der Waals surface area (Å²) in [6.45, 7) is 9.38. The Morgan fingerprint density at radius 2 is 2.16 bits per heavy atom. The lowest BCUT2D eigenvalue weighted by Crippen LogP contribution is -2.60. The number of alkyl carbamates (subject to hydrolysis) is 1. The maximum atomic E-state index is 12.3. The van der Waals surface area contributed by atoms with Gasteiger partial charge in [0.15, 0.2) is 0 Å². The van der Waals surface area contributed by atoms with Gasteiger partial charge in [0, 0.05) is 6.84 Å². The Balaban J connectivity index is 0.00000289. The summed E-state index contributed by atoms with van der Waals surface area (Å²) in [7, 11) is 1.29. The number of fused-ring (bicyclic) bond motifs is 3. The summed E-state index contributed by atoms with van der Waals surface area (Å²) in [5.74, 6) is 0.0948. The number of hydrogen-bond acceptors (Lipinski definition) is 7. The van der Waals surface area contributed by atoms with Crippen LogP contribution in [0.2, 0.25) is 0 Å². The number of esters is 1. The van der Waals surface area contributed by atoms with Crippen LogP contribution >= 0.6 is 0 Å². The van der Waals surface area contributed by atoms with Crippen LogP contribution in [-0.2, 0) is 34.0 Å². The van der Waals surface area contributed by atoms with E-state index in [1.165, 1.54) is 12.7 Å². The minimum atomic E-state index is -1.67. The van der Waals surface area contributed by atoms with Gasteiger partial charge in [-0.1, -0.05) is 32.1 Å². The van der Waals surface area contributed by atoms with Gasteiger partial charge >= 0.3 is 23.4 Å². The third-order valence-corrected chi connectivity index (χ3v) is 8.72. The van der Waals surface area contributed by atoms with Crippen molar-refractivity contribution in [2.24, 2.45) is 22.7 Å². The Morgan fingerprint density at radius 1 is 1.39 bits per heavy atom. The normalized spacial score (nSPS) is 43.7. The molecule has 4 aliphatic rings. The second-order valence-electron chi connectivity index (χ2n) is 9.59. The lowest BCUT2D eigenvalue weighted by Gasteiger charge is -2.61. The van der Waals surface area contributed by atoms with E-state index in [0.717, 1.165) is 25.7 Å². The zero-order valence-electron chi connectivity index (χ0n) is 18.3. The number of rotatable bonds is 3. The van der Waals surface area contributed by atoms with Crippen molar-refractivity contribution in [1.82, 2.24) is 5.32 Å². The highest BCUT2D eigenvalue weighted by Crippen LogP contribution is 2.63. The van der Waals surface area contributed by atoms with Crippen LogP contribution in [0, 0.1) is 22.7 Å². The fourth-order valence-electron chi connectivity index (χ4n) is 6.32. The monoisotopic (exact) mass is 455 g/mol. The quantitative estimate of drug-likeness (QED) is 0.396. The highest BCUT2D eigenvalue weighted by atomic mass is 32.2. The van der Waals surface area contributed by atoms with Crippen molar-refractivity contribution in [3.63, 3.8) is 0 Å². The van der Waals surface area contributed by atoms with Crippen molar-refractivity contribution in [3.05, 3.63) is 23.8 Å². The van der Waals surface area contributed by atoms with Crippen LogP contribution in [-0.4, -0.2) is 48.7 Å². The van der Waals surface area contributed by atoms with Crippen LogP contribution in [0.15, 0.2) is 23.8 Å². The molecule has 0 aromatic carbocycles. The molecular formula is C22H33NO7S. The number of nitrogens with one attached hydrogen (secondary N) is 1. The van der Waals surface area contributed by atoms with Gasteiger partial charge < -0.3 is 14.8 Å². The molecule has 0 aromatic heterocycles. The molecule has 2 saturated heterocycles. The molecule has 4 fully saturated rings. The maximum Gasteiger partial charge on any atom is 0.407 e. The molecule has 7 atom stereocenters. The molecule has 1 N–H and O–H groups in total. The number of ether oxygens (including phenoxy) is 2. The molecule has 0 bridgehead atoms. The molecular weight excluding hydrogens is 422 g/mol. The van der Waals surface area contributed by atoms with E-state index in [0.29, 0.717) is 24.5 Å². The van der Waals surface area contributed by atoms with Gasteiger partial charge in [-0.2, -0.15) is 4.21 Å². The first-order valence-electron chi connectivity index (χ1n) is 10.8. The molecule has 0 radical (unpaired) electrons. The molecule has 2 aliphatic heterocycles. The molecule has 2 heterocycles. The van der Waals surface area contributed by atoms with Crippen LogP contribution < -0.4 is 5.32 Å². The molecule has 8 nitrogen and oxygen atoms in total. The summed E-state index contributed by atoms with van der Waals surface area (Å²) in [5, 5.41) is 2.66. The van der Waals surface area contributed by atoms with Crippen LogP contribution in [0.4, 0.5) is 4.79 Å². The number of methoxy groups -OCH3 is 1. The zero-order chi connectivity index (χ0) is 22.4. The number of amides is 1. The molecule has 2 aliphatic carbocycles. The summed E-state index contributed by atoms with van der Waals surface area (Å²) in [5.41, 5.74) is 1.39. The number of hydrogen-bond donors (Lipinski definition) is 1. The smallest absolute Gasteiger partial charge is 0.407 e. The van der Waals surface area contributed by atoms with E-state index < -0.39 is 29.5 Å². The summed E-state index contributed by atoms with van der Waals surface area (Å²) in [6.07, 6.45) is 5.50. The van der Waals surface area contributed by atoms with E-state index in [9.17, 15) is 13.8 Å². The first-order valence-corrected chi connectivity index (χ1v) is 11.8.